The maximum Gasteiger partial charge on any atom is 0.265 e. The number of benzene rings is 2. The molecule has 0 heterocycles. The zero-order chi connectivity index (χ0) is 14.5. The van der Waals surface area contributed by atoms with Gasteiger partial charge in [-0.05, 0) is 50.2 Å². The van der Waals surface area contributed by atoms with Crippen LogP contribution in [0.3, 0.4) is 0 Å². The van der Waals surface area contributed by atoms with Crippen molar-refractivity contribution >= 4 is 23.2 Å². The van der Waals surface area contributed by atoms with E-state index >= 15 is 0 Å². The molecule has 0 bridgehead atoms. The molecule has 3 nitrogen and oxygen atoms in total. The fraction of sp³-hybridized carbons (Fsp3) is 0.188. The molecule has 0 fully saturated rings. The molecular weight excluding hydrogens is 274 g/mol. The van der Waals surface area contributed by atoms with E-state index in [0.29, 0.717) is 10.8 Å². The molecule has 0 saturated heterocycles. The van der Waals surface area contributed by atoms with Crippen molar-refractivity contribution in [1.29, 1.82) is 0 Å². The van der Waals surface area contributed by atoms with Crippen LogP contribution < -0.4 is 10.1 Å². The molecule has 4 heteroatoms. The molecule has 0 radical (unpaired) electrons. The maximum atomic E-state index is 12.0. The SMILES string of the molecule is Cc1ccc(NC(=O)[C@H](C)Oc2ccc(Cl)cc2)cc1. The zero-order valence-corrected chi connectivity index (χ0v) is 12.1. The third-order valence-electron chi connectivity index (χ3n) is 2.81. The predicted molar refractivity (Wildman–Crippen MR) is 81.4 cm³/mol. The molecular formula is C16H16ClNO2. The Hall–Kier alpha value is -2.00. The molecule has 0 aliphatic heterocycles. The van der Waals surface area contributed by atoms with Gasteiger partial charge >= 0.3 is 0 Å². The van der Waals surface area contributed by atoms with Crippen molar-refractivity contribution in [2.45, 2.75) is 20.0 Å². The van der Waals surface area contributed by atoms with E-state index in [-0.39, 0.29) is 5.91 Å². The third kappa shape index (κ3) is 4.00. The Kier molecular flexibility index (Phi) is 4.64. The Morgan fingerprint density at radius 1 is 1.10 bits per heavy atom. The molecule has 1 amide bonds. The van der Waals surface area contributed by atoms with Gasteiger partial charge in [0.15, 0.2) is 6.10 Å². The van der Waals surface area contributed by atoms with Gasteiger partial charge in [0.25, 0.3) is 5.91 Å². The summed E-state index contributed by atoms with van der Waals surface area (Å²) >= 11 is 5.80. The van der Waals surface area contributed by atoms with E-state index in [4.69, 9.17) is 16.3 Å². The molecule has 0 aromatic heterocycles. The van der Waals surface area contributed by atoms with Gasteiger partial charge in [-0.1, -0.05) is 29.3 Å². The van der Waals surface area contributed by atoms with Gasteiger partial charge in [0.05, 0.1) is 0 Å². The van der Waals surface area contributed by atoms with Gasteiger partial charge in [0, 0.05) is 10.7 Å². The van der Waals surface area contributed by atoms with Gasteiger partial charge in [0.1, 0.15) is 5.75 Å². The van der Waals surface area contributed by atoms with Crippen LogP contribution in [0.1, 0.15) is 12.5 Å². The number of rotatable bonds is 4. The van der Waals surface area contributed by atoms with Crippen molar-refractivity contribution in [2.24, 2.45) is 0 Å². The summed E-state index contributed by atoms with van der Waals surface area (Å²) in [5, 5.41) is 3.44. The molecule has 0 unspecified atom stereocenters. The van der Waals surface area contributed by atoms with Crippen molar-refractivity contribution in [3.05, 3.63) is 59.1 Å². The highest BCUT2D eigenvalue weighted by molar-refractivity contribution is 6.30. The van der Waals surface area contributed by atoms with E-state index in [0.717, 1.165) is 11.3 Å². The molecule has 104 valence electrons. The third-order valence-corrected chi connectivity index (χ3v) is 3.07. The predicted octanol–water partition coefficient (Wildman–Crippen LogP) is 4.05. The van der Waals surface area contributed by atoms with Crippen LogP contribution in [0.5, 0.6) is 5.75 Å². The van der Waals surface area contributed by atoms with Crippen LogP contribution in [0, 0.1) is 6.92 Å². The van der Waals surface area contributed by atoms with E-state index in [1.165, 1.54) is 0 Å². The van der Waals surface area contributed by atoms with Crippen molar-refractivity contribution in [1.82, 2.24) is 0 Å². The minimum atomic E-state index is -0.586. The molecule has 2 rings (SSSR count). The number of carbonyl (C=O) groups is 1. The van der Waals surface area contributed by atoms with Gasteiger partial charge in [-0.3, -0.25) is 4.79 Å². The van der Waals surface area contributed by atoms with Crippen molar-refractivity contribution in [3.8, 4) is 5.75 Å². The minimum absolute atomic E-state index is 0.191. The number of carbonyl (C=O) groups excluding carboxylic acids is 1. The van der Waals surface area contributed by atoms with Crippen LogP contribution in [-0.4, -0.2) is 12.0 Å². The largest absolute Gasteiger partial charge is 0.481 e. The lowest BCUT2D eigenvalue weighted by Crippen LogP contribution is -2.30. The Bertz CT molecular complexity index is 578. The fourth-order valence-corrected chi connectivity index (χ4v) is 1.78. The normalized spacial score (nSPS) is 11.8. The van der Waals surface area contributed by atoms with Crippen LogP contribution in [-0.2, 0) is 4.79 Å². The summed E-state index contributed by atoms with van der Waals surface area (Å²) in [6.07, 6.45) is -0.586. The number of aryl methyl sites for hydroxylation is 1. The van der Waals surface area contributed by atoms with Crippen LogP contribution in [0.2, 0.25) is 5.02 Å². The Morgan fingerprint density at radius 2 is 1.70 bits per heavy atom. The van der Waals surface area contributed by atoms with Crippen LogP contribution in [0.15, 0.2) is 48.5 Å². The number of amides is 1. The summed E-state index contributed by atoms with van der Waals surface area (Å²) in [4.78, 5) is 12.0. The lowest BCUT2D eigenvalue weighted by atomic mass is 10.2. The highest BCUT2D eigenvalue weighted by atomic mass is 35.5. The van der Waals surface area contributed by atoms with Crippen molar-refractivity contribution in [3.63, 3.8) is 0 Å². The summed E-state index contributed by atoms with van der Waals surface area (Å²) in [6, 6.07) is 14.5. The molecule has 2 aromatic carbocycles. The Labute approximate surface area is 123 Å². The number of ether oxygens (including phenoxy) is 1. The van der Waals surface area contributed by atoms with Gasteiger partial charge in [-0.2, -0.15) is 0 Å². The molecule has 0 aliphatic carbocycles. The number of hydrogen-bond donors (Lipinski definition) is 1. The van der Waals surface area contributed by atoms with E-state index in [9.17, 15) is 4.79 Å². The zero-order valence-electron chi connectivity index (χ0n) is 11.4. The lowest BCUT2D eigenvalue weighted by Gasteiger charge is -2.14. The Balaban J connectivity index is 1.94. The van der Waals surface area contributed by atoms with Crippen molar-refractivity contribution in [2.75, 3.05) is 5.32 Å². The van der Waals surface area contributed by atoms with E-state index in [2.05, 4.69) is 5.32 Å². The fourth-order valence-electron chi connectivity index (χ4n) is 1.65. The number of hydrogen-bond acceptors (Lipinski definition) is 2. The first-order chi connectivity index (χ1) is 9.54. The minimum Gasteiger partial charge on any atom is -0.481 e. The monoisotopic (exact) mass is 289 g/mol. The second-order valence-electron chi connectivity index (χ2n) is 4.57. The maximum absolute atomic E-state index is 12.0. The molecule has 0 spiro atoms. The summed E-state index contributed by atoms with van der Waals surface area (Å²) in [5.74, 6) is 0.421. The van der Waals surface area contributed by atoms with E-state index in [1.54, 1.807) is 31.2 Å². The average Bonchev–Trinajstić information content (AvgIpc) is 2.44. The van der Waals surface area contributed by atoms with E-state index < -0.39 is 6.10 Å². The second kappa shape index (κ2) is 6.44. The first kappa shape index (κ1) is 14.4. The smallest absolute Gasteiger partial charge is 0.265 e. The van der Waals surface area contributed by atoms with Crippen LogP contribution in [0.4, 0.5) is 5.69 Å². The number of nitrogens with one attached hydrogen (secondary N) is 1. The van der Waals surface area contributed by atoms with E-state index in [1.807, 2.05) is 31.2 Å². The lowest BCUT2D eigenvalue weighted by molar-refractivity contribution is -0.122. The average molecular weight is 290 g/mol. The van der Waals surface area contributed by atoms with Gasteiger partial charge in [-0.15, -0.1) is 0 Å². The number of halogens is 1. The standard InChI is InChI=1S/C16H16ClNO2/c1-11-3-7-14(8-4-11)18-16(19)12(2)20-15-9-5-13(17)6-10-15/h3-10,12H,1-2H3,(H,18,19)/t12-/m0/s1. The molecule has 0 saturated carbocycles. The molecule has 2 aromatic rings. The first-order valence-corrected chi connectivity index (χ1v) is 6.72. The van der Waals surface area contributed by atoms with Crippen molar-refractivity contribution < 1.29 is 9.53 Å². The quantitative estimate of drug-likeness (QED) is 0.922. The number of anilines is 1. The first-order valence-electron chi connectivity index (χ1n) is 6.34. The summed E-state index contributed by atoms with van der Waals surface area (Å²) in [5.41, 5.74) is 1.90. The van der Waals surface area contributed by atoms with Gasteiger partial charge < -0.3 is 10.1 Å². The van der Waals surface area contributed by atoms with Crippen LogP contribution >= 0.6 is 11.6 Å². The molecule has 20 heavy (non-hydrogen) atoms. The second-order valence-corrected chi connectivity index (χ2v) is 5.01. The summed E-state index contributed by atoms with van der Waals surface area (Å²) < 4.78 is 5.56. The van der Waals surface area contributed by atoms with Crippen LogP contribution in [0.25, 0.3) is 0 Å². The topological polar surface area (TPSA) is 38.3 Å². The summed E-state index contributed by atoms with van der Waals surface area (Å²) in [7, 11) is 0. The van der Waals surface area contributed by atoms with Gasteiger partial charge in [-0.25, -0.2) is 0 Å². The molecule has 1 N–H and O–H groups in total. The highest BCUT2D eigenvalue weighted by Gasteiger charge is 2.14. The molecule has 0 aliphatic rings. The summed E-state index contributed by atoms with van der Waals surface area (Å²) in [6.45, 7) is 3.70. The Morgan fingerprint density at radius 3 is 2.30 bits per heavy atom. The highest BCUT2D eigenvalue weighted by Crippen LogP contribution is 2.17. The molecule has 1 atom stereocenters. The van der Waals surface area contributed by atoms with Gasteiger partial charge in [0.2, 0.25) is 0 Å².